The van der Waals surface area contributed by atoms with Gasteiger partial charge in [-0.15, -0.1) is 0 Å². The van der Waals surface area contributed by atoms with Gasteiger partial charge in [-0.2, -0.15) is 0 Å². The molecule has 0 saturated heterocycles. The standard InChI is InChI=1S/C16H24N2O2/c1-12-14-4-6-17-5-3-13(14)11-15-16(12)18(7-9-19-2)8-10-20-15/h11,17H,3-10H2,1-2H3. The van der Waals surface area contributed by atoms with Gasteiger partial charge in [0.1, 0.15) is 12.4 Å². The van der Waals surface area contributed by atoms with Crippen LogP contribution in [0.5, 0.6) is 5.75 Å². The van der Waals surface area contributed by atoms with Gasteiger partial charge in [0.05, 0.1) is 18.8 Å². The normalized spacial score (nSPS) is 18.0. The van der Waals surface area contributed by atoms with Crippen molar-refractivity contribution >= 4 is 5.69 Å². The summed E-state index contributed by atoms with van der Waals surface area (Å²) in [5, 5.41) is 3.48. The van der Waals surface area contributed by atoms with E-state index in [1.807, 2.05) is 0 Å². The lowest BCUT2D eigenvalue weighted by Crippen LogP contribution is -2.36. The Bertz CT molecular complexity index is 488. The third-order valence-corrected chi connectivity index (χ3v) is 4.36. The fourth-order valence-corrected chi connectivity index (χ4v) is 3.32. The maximum Gasteiger partial charge on any atom is 0.143 e. The van der Waals surface area contributed by atoms with Gasteiger partial charge in [-0.1, -0.05) is 0 Å². The van der Waals surface area contributed by atoms with Crippen molar-refractivity contribution in [2.75, 3.05) is 51.4 Å². The summed E-state index contributed by atoms with van der Waals surface area (Å²) in [5.74, 6) is 1.06. The van der Waals surface area contributed by atoms with Crippen LogP contribution < -0.4 is 15.0 Å². The molecule has 1 aromatic rings. The van der Waals surface area contributed by atoms with Crippen molar-refractivity contribution in [3.8, 4) is 5.75 Å². The predicted molar refractivity (Wildman–Crippen MR) is 81.0 cm³/mol. The molecule has 0 radical (unpaired) electrons. The van der Waals surface area contributed by atoms with Crippen LogP contribution in [-0.2, 0) is 17.6 Å². The zero-order valence-electron chi connectivity index (χ0n) is 12.5. The van der Waals surface area contributed by atoms with Crippen LogP contribution in [0.25, 0.3) is 0 Å². The molecular formula is C16H24N2O2. The van der Waals surface area contributed by atoms with Crippen LogP contribution in [0.3, 0.4) is 0 Å². The van der Waals surface area contributed by atoms with E-state index in [4.69, 9.17) is 9.47 Å². The van der Waals surface area contributed by atoms with Gasteiger partial charge in [-0.25, -0.2) is 0 Å². The number of hydrogen-bond donors (Lipinski definition) is 1. The van der Waals surface area contributed by atoms with Gasteiger partial charge in [0.15, 0.2) is 0 Å². The van der Waals surface area contributed by atoms with Crippen LogP contribution in [0.4, 0.5) is 5.69 Å². The van der Waals surface area contributed by atoms with E-state index in [0.29, 0.717) is 0 Å². The highest BCUT2D eigenvalue weighted by Gasteiger charge is 2.24. The molecule has 1 N–H and O–H groups in total. The quantitative estimate of drug-likeness (QED) is 0.908. The zero-order valence-corrected chi connectivity index (χ0v) is 12.5. The van der Waals surface area contributed by atoms with Crippen LogP contribution >= 0.6 is 0 Å². The molecule has 2 heterocycles. The summed E-state index contributed by atoms with van der Waals surface area (Å²) in [5.41, 5.74) is 5.66. The van der Waals surface area contributed by atoms with E-state index in [0.717, 1.165) is 58.0 Å². The lowest BCUT2D eigenvalue weighted by Gasteiger charge is -2.34. The summed E-state index contributed by atoms with van der Waals surface area (Å²) in [7, 11) is 1.76. The fraction of sp³-hybridized carbons (Fsp3) is 0.625. The SMILES string of the molecule is COCCN1CCOc2cc3c(c(C)c21)CCNCC3. The second-order valence-electron chi connectivity index (χ2n) is 5.56. The Kier molecular flexibility index (Phi) is 4.13. The molecule has 4 nitrogen and oxygen atoms in total. The van der Waals surface area contributed by atoms with E-state index in [1.54, 1.807) is 7.11 Å². The molecule has 3 rings (SSSR count). The molecule has 0 aromatic heterocycles. The minimum absolute atomic E-state index is 0.761. The summed E-state index contributed by atoms with van der Waals surface area (Å²) < 4.78 is 11.2. The van der Waals surface area contributed by atoms with Gasteiger partial charge in [-0.3, -0.25) is 0 Å². The van der Waals surface area contributed by atoms with Crippen LogP contribution in [0.2, 0.25) is 0 Å². The van der Waals surface area contributed by atoms with Gasteiger partial charge in [0.25, 0.3) is 0 Å². The Labute approximate surface area is 121 Å². The average Bonchev–Trinajstić information content (AvgIpc) is 2.70. The van der Waals surface area contributed by atoms with Gasteiger partial charge >= 0.3 is 0 Å². The maximum absolute atomic E-state index is 5.92. The smallest absolute Gasteiger partial charge is 0.143 e. The zero-order chi connectivity index (χ0) is 13.9. The lowest BCUT2D eigenvalue weighted by atomic mass is 9.94. The van der Waals surface area contributed by atoms with Gasteiger partial charge in [0, 0.05) is 13.7 Å². The minimum Gasteiger partial charge on any atom is -0.490 e. The molecule has 4 heteroatoms. The highest BCUT2D eigenvalue weighted by molar-refractivity contribution is 5.69. The Morgan fingerprint density at radius 1 is 1.35 bits per heavy atom. The molecule has 0 atom stereocenters. The molecular weight excluding hydrogens is 252 g/mol. The highest BCUT2D eigenvalue weighted by atomic mass is 16.5. The number of nitrogens with one attached hydrogen (secondary N) is 1. The maximum atomic E-state index is 5.92. The Balaban J connectivity index is 2.00. The van der Waals surface area contributed by atoms with Crippen molar-refractivity contribution in [1.82, 2.24) is 5.32 Å². The Morgan fingerprint density at radius 3 is 3.05 bits per heavy atom. The summed E-state index contributed by atoms with van der Waals surface area (Å²) in [4.78, 5) is 2.41. The molecule has 1 aromatic carbocycles. The lowest BCUT2D eigenvalue weighted by molar-refractivity contribution is 0.201. The molecule has 0 spiro atoms. The van der Waals surface area contributed by atoms with Crippen LogP contribution in [0, 0.1) is 6.92 Å². The molecule has 0 amide bonds. The molecule has 20 heavy (non-hydrogen) atoms. The fourth-order valence-electron chi connectivity index (χ4n) is 3.32. The molecule has 0 saturated carbocycles. The van der Waals surface area contributed by atoms with E-state index in [9.17, 15) is 0 Å². The summed E-state index contributed by atoms with van der Waals surface area (Å²) in [6.07, 6.45) is 2.22. The second kappa shape index (κ2) is 6.02. The first kappa shape index (κ1) is 13.7. The first-order valence-corrected chi connectivity index (χ1v) is 7.54. The summed E-state index contributed by atoms with van der Waals surface area (Å²) >= 11 is 0. The molecule has 110 valence electrons. The van der Waals surface area contributed by atoms with Gasteiger partial charge in [0.2, 0.25) is 0 Å². The van der Waals surface area contributed by atoms with Crippen molar-refractivity contribution < 1.29 is 9.47 Å². The predicted octanol–water partition coefficient (Wildman–Crippen LogP) is 1.53. The number of rotatable bonds is 3. The van der Waals surface area contributed by atoms with E-state index >= 15 is 0 Å². The molecule has 2 aliphatic heterocycles. The third-order valence-electron chi connectivity index (χ3n) is 4.36. The van der Waals surface area contributed by atoms with E-state index in [1.165, 1.54) is 22.4 Å². The largest absolute Gasteiger partial charge is 0.490 e. The highest BCUT2D eigenvalue weighted by Crippen LogP contribution is 2.39. The van der Waals surface area contributed by atoms with E-state index in [-0.39, 0.29) is 0 Å². The topological polar surface area (TPSA) is 33.7 Å². The molecule has 0 aliphatic carbocycles. The Hall–Kier alpha value is -1.26. The van der Waals surface area contributed by atoms with Crippen LogP contribution in [0.1, 0.15) is 16.7 Å². The minimum atomic E-state index is 0.761. The molecule has 0 bridgehead atoms. The van der Waals surface area contributed by atoms with Crippen LogP contribution in [-0.4, -0.2) is 46.5 Å². The van der Waals surface area contributed by atoms with Crippen molar-refractivity contribution in [2.45, 2.75) is 19.8 Å². The number of hydrogen-bond acceptors (Lipinski definition) is 4. The number of benzene rings is 1. The van der Waals surface area contributed by atoms with Crippen LogP contribution in [0.15, 0.2) is 6.07 Å². The number of methoxy groups -OCH3 is 1. The van der Waals surface area contributed by atoms with E-state index in [2.05, 4.69) is 23.2 Å². The van der Waals surface area contributed by atoms with Crippen molar-refractivity contribution in [3.63, 3.8) is 0 Å². The average molecular weight is 276 g/mol. The van der Waals surface area contributed by atoms with Crippen molar-refractivity contribution in [1.29, 1.82) is 0 Å². The Morgan fingerprint density at radius 2 is 2.20 bits per heavy atom. The third kappa shape index (κ3) is 2.50. The molecule has 0 unspecified atom stereocenters. The molecule has 0 fully saturated rings. The summed E-state index contributed by atoms with van der Waals surface area (Å²) in [6.45, 7) is 7.81. The van der Waals surface area contributed by atoms with Gasteiger partial charge < -0.3 is 19.7 Å². The number of fused-ring (bicyclic) bond motifs is 2. The van der Waals surface area contributed by atoms with Gasteiger partial charge in [-0.05, 0) is 55.6 Å². The first-order valence-electron chi connectivity index (χ1n) is 7.54. The monoisotopic (exact) mass is 276 g/mol. The van der Waals surface area contributed by atoms with Crippen molar-refractivity contribution in [2.24, 2.45) is 0 Å². The number of ether oxygens (including phenoxy) is 2. The molecule has 2 aliphatic rings. The summed E-state index contributed by atoms with van der Waals surface area (Å²) in [6, 6.07) is 2.27. The van der Waals surface area contributed by atoms with E-state index < -0.39 is 0 Å². The second-order valence-corrected chi connectivity index (χ2v) is 5.56. The first-order chi connectivity index (χ1) is 9.81. The number of anilines is 1. The number of nitrogens with zero attached hydrogens (tertiary/aromatic N) is 1. The van der Waals surface area contributed by atoms with Crippen molar-refractivity contribution in [3.05, 3.63) is 22.8 Å².